The van der Waals surface area contributed by atoms with Crippen molar-refractivity contribution in [3.63, 3.8) is 0 Å². The number of hydrogen-bond donors (Lipinski definition) is 3. The Labute approximate surface area is 209 Å². The van der Waals surface area contributed by atoms with Crippen molar-refractivity contribution in [1.29, 1.82) is 0 Å². The van der Waals surface area contributed by atoms with E-state index in [-0.39, 0.29) is 40.6 Å². The summed E-state index contributed by atoms with van der Waals surface area (Å²) in [6.07, 6.45) is -8.04. The number of carbonyl (C=O) groups excluding carboxylic acids is 1. The molecule has 192 valence electrons. The summed E-state index contributed by atoms with van der Waals surface area (Å²) in [4.78, 5) is 25.0. The van der Waals surface area contributed by atoms with E-state index in [0.717, 1.165) is 18.0 Å². The fourth-order valence-electron chi connectivity index (χ4n) is 4.08. The van der Waals surface area contributed by atoms with Crippen molar-refractivity contribution < 1.29 is 37.4 Å². The van der Waals surface area contributed by atoms with Gasteiger partial charge in [-0.25, -0.2) is 9.18 Å². The molecule has 0 saturated carbocycles. The standard InChI is InChI=1S/C23H24Cl2F4N2O4/c1-31(19(33)12-23(27,28)29)13-22(9-4-10-32,14-7-8-16(24)17(25)11-14)20(30-21(34)35)15-5-2-3-6-18(15)26/h2-3,5-8,11,20,30,32H,4,9-10,12-13H2,1H3,(H,34,35)/t20?,22-/m1/s1. The van der Waals surface area contributed by atoms with Gasteiger partial charge in [0.2, 0.25) is 5.91 Å². The Morgan fingerprint density at radius 1 is 1.11 bits per heavy atom. The summed E-state index contributed by atoms with van der Waals surface area (Å²) in [6.45, 7) is -0.820. The monoisotopic (exact) mass is 538 g/mol. The summed E-state index contributed by atoms with van der Waals surface area (Å²) in [5, 5.41) is 21.7. The highest BCUT2D eigenvalue weighted by atomic mass is 35.5. The molecule has 2 aromatic rings. The predicted molar refractivity (Wildman–Crippen MR) is 123 cm³/mol. The largest absolute Gasteiger partial charge is 0.465 e. The van der Waals surface area contributed by atoms with Crippen molar-refractivity contribution in [2.24, 2.45) is 0 Å². The third-order valence-electron chi connectivity index (χ3n) is 5.61. The van der Waals surface area contributed by atoms with Crippen molar-refractivity contribution in [3.05, 3.63) is 69.5 Å². The second kappa shape index (κ2) is 11.9. The quantitative estimate of drug-likeness (QED) is 0.345. The molecular weight excluding hydrogens is 515 g/mol. The fraction of sp³-hybridized carbons (Fsp3) is 0.391. The molecule has 35 heavy (non-hydrogen) atoms. The van der Waals surface area contributed by atoms with Gasteiger partial charge in [0.15, 0.2) is 0 Å². The number of aliphatic hydroxyl groups is 1. The summed E-state index contributed by atoms with van der Waals surface area (Å²) >= 11 is 12.2. The van der Waals surface area contributed by atoms with Gasteiger partial charge in [-0.1, -0.05) is 47.5 Å². The smallest absolute Gasteiger partial charge is 0.405 e. The molecule has 0 heterocycles. The van der Waals surface area contributed by atoms with Gasteiger partial charge in [0.25, 0.3) is 0 Å². The highest BCUT2D eigenvalue weighted by Gasteiger charge is 2.45. The zero-order valence-electron chi connectivity index (χ0n) is 18.6. The highest BCUT2D eigenvalue weighted by Crippen LogP contribution is 2.44. The Bertz CT molecular complexity index is 1050. The molecule has 6 nitrogen and oxygen atoms in total. The van der Waals surface area contributed by atoms with Gasteiger partial charge in [0.1, 0.15) is 12.2 Å². The number of halogens is 6. The molecule has 2 atom stereocenters. The van der Waals surface area contributed by atoms with Gasteiger partial charge >= 0.3 is 12.3 Å². The molecule has 12 heteroatoms. The van der Waals surface area contributed by atoms with E-state index < -0.39 is 48.4 Å². The molecule has 1 unspecified atom stereocenters. The Kier molecular flexibility index (Phi) is 9.76. The normalized spacial score (nSPS) is 14.2. The second-order valence-electron chi connectivity index (χ2n) is 8.06. The summed E-state index contributed by atoms with van der Waals surface area (Å²) in [5.74, 6) is -2.04. The minimum atomic E-state index is -4.77. The number of carbonyl (C=O) groups is 2. The van der Waals surface area contributed by atoms with Crippen LogP contribution < -0.4 is 5.32 Å². The zero-order valence-corrected chi connectivity index (χ0v) is 20.1. The molecule has 0 aliphatic heterocycles. The van der Waals surface area contributed by atoms with E-state index in [1.54, 1.807) is 0 Å². The van der Waals surface area contributed by atoms with Crippen LogP contribution in [0.15, 0.2) is 42.5 Å². The van der Waals surface area contributed by atoms with E-state index in [0.29, 0.717) is 0 Å². The van der Waals surface area contributed by atoms with Crippen molar-refractivity contribution >= 4 is 35.2 Å². The van der Waals surface area contributed by atoms with Gasteiger partial charge in [0.05, 0.1) is 16.1 Å². The molecule has 0 aliphatic carbocycles. The molecule has 0 fully saturated rings. The lowest BCUT2D eigenvalue weighted by molar-refractivity contribution is -0.161. The summed E-state index contributed by atoms with van der Waals surface area (Å²) in [7, 11) is 1.14. The van der Waals surface area contributed by atoms with Crippen LogP contribution in [0.25, 0.3) is 0 Å². The topological polar surface area (TPSA) is 89.9 Å². The second-order valence-corrected chi connectivity index (χ2v) is 8.87. The van der Waals surface area contributed by atoms with Gasteiger partial charge in [-0.15, -0.1) is 0 Å². The van der Waals surface area contributed by atoms with Crippen LogP contribution in [-0.4, -0.2) is 53.5 Å². The Morgan fingerprint density at radius 3 is 2.31 bits per heavy atom. The Balaban J connectivity index is 2.79. The van der Waals surface area contributed by atoms with Crippen molar-refractivity contribution in [3.8, 4) is 0 Å². The highest BCUT2D eigenvalue weighted by molar-refractivity contribution is 6.42. The van der Waals surface area contributed by atoms with Gasteiger partial charge in [0, 0.05) is 31.2 Å². The van der Waals surface area contributed by atoms with Gasteiger partial charge in [-0.05, 0) is 36.6 Å². The number of amides is 2. The predicted octanol–water partition coefficient (Wildman–Crippen LogP) is 5.56. The number of benzene rings is 2. The Hall–Kier alpha value is -2.56. The summed E-state index contributed by atoms with van der Waals surface area (Å²) in [6, 6.07) is 8.19. The molecule has 0 spiro atoms. The summed E-state index contributed by atoms with van der Waals surface area (Å²) < 4.78 is 53.7. The van der Waals surface area contributed by atoms with Crippen LogP contribution in [0.1, 0.15) is 36.4 Å². The SMILES string of the molecule is CN(C[C@](CCCO)(c1ccc(Cl)c(Cl)c1)C(NC(=O)O)c1ccccc1F)C(=O)CC(F)(F)F. The van der Waals surface area contributed by atoms with Crippen LogP contribution in [0, 0.1) is 5.82 Å². The third-order valence-corrected chi connectivity index (χ3v) is 6.35. The first-order valence-electron chi connectivity index (χ1n) is 10.4. The third kappa shape index (κ3) is 7.46. The van der Waals surface area contributed by atoms with E-state index >= 15 is 0 Å². The molecule has 0 aromatic heterocycles. The van der Waals surface area contributed by atoms with Crippen molar-refractivity contribution in [1.82, 2.24) is 10.2 Å². The van der Waals surface area contributed by atoms with Crippen LogP contribution in [-0.2, 0) is 10.2 Å². The lowest BCUT2D eigenvalue weighted by Crippen LogP contribution is -2.52. The first-order chi connectivity index (χ1) is 16.3. The zero-order chi connectivity index (χ0) is 26.4. The van der Waals surface area contributed by atoms with E-state index in [2.05, 4.69) is 5.32 Å². The van der Waals surface area contributed by atoms with Crippen molar-refractivity contribution in [2.45, 2.75) is 36.9 Å². The van der Waals surface area contributed by atoms with Gasteiger partial charge in [-0.2, -0.15) is 13.2 Å². The number of likely N-dealkylation sites (N-methyl/N-ethyl adjacent to an activating group) is 1. The van der Waals surface area contributed by atoms with Crippen LogP contribution in [0.5, 0.6) is 0 Å². The molecule has 0 bridgehead atoms. The maximum absolute atomic E-state index is 15.0. The summed E-state index contributed by atoms with van der Waals surface area (Å²) in [5.41, 5.74) is -1.36. The van der Waals surface area contributed by atoms with Gasteiger partial charge < -0.3 is 20.4 Å². The molecule has 2 aromatic carbocycles. The van der Waals surface area contributed by atoms with Crippen LogP contribution in [0.3, 0.4) is 0 Å². The Morgan fingerprint density at radius 2 is 1.77 bits per heavy atom. The van der Waals surface area contributed by atoms with Crippen molar-refractivity contribution in [2.75, 3.05) is 20.2 Å². The first-order valence-corrected chi connectivity index (χ1v) is 11.2. The molecule has 3 N–H and O–H groups in total. The fourth-order valence-corrected chi connectivity index (χ4v) is 4.38. The molecule has 0 aliphatic rings. The molecule has 0 radical (unpaired) electrons. The lowest BCUT2D eigenvalue weighted by Gasteiger charge is -2.44. The van der Waals surface area contributed by atoms with E-state index in [1.165, 1.54) is 36.4 Å². The average Bonchev–Trinajstić information content (AvgIpc) is 2.76. The molecule has 2 rings (SSSR count). The van der Waals surface area contributed by atoms with Crippen LogP contribution in [0.2, 0.25) is 10.0 Å². The number of alkyl halides is 3. The number of nitrogens with one attached hydrogen (secondary N) is 1. The number of carboxylic acid groups (broad SMARTS) is 1. The first kappa shape index (κ1) is 28.7. The lowest BCUT2D eigenvalue weighted by atomic mass is 9.68. The molecular formula is C23H24Cl2F4N2O4. The van der Waals surface area contributed by atoms with E-state index in [1.807, 2.05) is 0 Å². The number of aliphatic hydroxyl groups excluding tert-OH is 1. The number of rotatable bonds is 10. The molecule has 0 saturated heterocycles. The minimum absolute atomic E-state index is 0.0494. The average molecular weight is 539 g/mol. The van der Waals surface area contributed by atoms with E-state index in [4.69, 9.17) is 23.2 Å². The van der Waals surface area contributed by atoms with E-state index in [9.17, 15) is 37.4 Å². The number of hydrogen-bond acceptors (Lipinski definition) is 3. The maximum Gasteiger partial charge on any atom is 0.405 e. The minimum Gasteiger partial charge on any atom is -0.465 e. The maximum atomic E-state index is 15.0. The van der Waals surface area contributed by atoms with Gasteiger partial charge in [-0.3, -0.25) is 4.79 Å². The number of nitrogens with zero attached hydrogens (tertiary/aromatic N) is 1. The molecule has 2 amide bonds. The van der Waals surface area contributed by atoms with Crippen LogP contribution in [0.4, 0.5) is 22.4 Å². The van der Waals surface area contributed by atoms with Crippen LogP contribution >= 0.6 is 23.2 Å².